The van der Waals surface area contributed by atoms with Crippen LogP contribution in [0.4, 0.5) is 5.69 Å². The number of anilines is 1. The predicted octanol–water partition coefficient (Wildman–Crippen LogP) is 1.10. The smallest absolute Gasteiger partial charge is 0.299 e. The minimum Gasteiger partial charge on any atom is -0.322 e. The Morgan fingerprint density at radius 3 is 2.68 bits per heavy atom. The molecule has 1 aromatic carbocycles. The number of hydrogen-bond acceptors (Lipinski definition) is 3. The monoisotopic (exact) mass is 281 g/mol. The number of nitrogens with one attached hydrogen (secondary N) is 3. The molecule has 7 heteroatoms. The molecule has 0 spiro atoms. The summed E-state index contributed by atoms with van der Waals surface area (Å²) >= 11 is 0. The fraction of sp³-hybridized carbons (Fsp3) is 0.250. The molecule has 0 bridgehead atoms. The third-order valence-corrected chi connectivity index (χ3v) is 3.79. The van der Waals surface area contributed by atoms with Crippen molar-refractivity contribution < 1.29 is 8.42 Å². The summed E-state index contributed by atoms with van der Waals surface area (Å²) in [6.07, 6.45) is 0. The molecular formula is C12H15N3O3S. The van der Waals surface area contributed by atoms with Crippen LogP contribution in [0.5, 0.6) is 0 Å². The first-order valence-electron chi connectivity index (χ1n) is 5.82. The molecule has 0 atom stereocenters. The molecule has 0 unspecified atom stereocenters. The van der Waals surface area contributed by atoms with Crippen LogP contribution in [-0.4, -0.2) is 19.9 Å². The lowest BCUT2D eigenvalue weighted by molar-refractivity contribution is 0.589. The van der Waals surface area contributed by atoms with Gasteiger partial charge in [0.15, 0.2) is 0 Å². The molecule has 6 nitrogen and oxygen atoms in total. The summed E-state index contributed by atoms with van der Waals surface area (Å²) in [6, 6.07) is 6.75. The summed E-state index contributed by atoms with van der Waals surface area (Å²) in [6.45, 7) is 3.72. The van der Waals surface area contributed by atoms with E-state index in [0.29, 0.717) is 23.3 Å². The Labute approximate surface area is 111 Å². The minimum atomic E-state index is -3.56. The van der Waals surface area contributed by atoms with Gasteiger partial charge in [-0.1, -0.05) is 13.0 Å². The molecule has 1 aromatic heterocycles. The van der Waals surface area contributed by atoms with Gasteiger partial charge in [0.05, 0.1) is 11.2 Å². The summed E-state index contributed by atoms with van der Waals surface area (Å²) in [7, 11) is -3.56. The van der Waals surface area contributed by atoms with Crippen LogP contribution < -0.4 is 15.0 Å². The summed E-state index contributed by atoms with van der Waals surface area (Å²) in [5, 5.41) is 0.850. The van der Waals surface area contributed by atoms with E-state index in [1.165, 1.54) is 0 Å². The van der Waals surface area contributed by atoms with Crippen LogP contribution in [0.2, 0.25) is 0 Å². The molecule has 0 saturated carbocycles. The van der Waals surface area contributed by atoms with E-state index in [2.05, 4.69) is 14.4 Å². The molecule has 2 rings (SSSR count). The minimum absolute atomic E-state index is 0.181. The molecule has 0 saturated heterocycles. The van der Waals surface area contributed by atoms with Gasteiger partial charge in [-0.3, -0.25) is 9.52 Å². The maximum Gasteiger partial charge on any atom is 0.299 e. The molecule has 102 valence electrons. The van der Waals surface area contributed by atoms with Crippen molar-refractivity contribution in [3.05, 3.63) is 40.2 Å². The van der Waals surface area contributed by atoms with Gasteiger partial charge in [-0.2, -0.15) is 13.1 Å². The first-order valence-corrected chi connectivity index (χ1v) is 7.30. The Bertz CT molecular complexity index is 765. The number of benzene rings is 1. The summed E-state index contributed by atoms with van der Waals surface area (Å²) < 4.78 is 27.8. The second-order valence-electron chi connectivity index (χ2n) is 4.19. The summed E-state index contributed by atoms with van der Waals surface area (Å²) in [5.41, 5.74) is 1.42. The molecule has 19 heavy (non-hydrogen) atoms. The van der Waals surface area contributed by atoms with E-state index in [0.717, 1.165) is 5.39 Å². The standard InChI is InChI=1S/C12H15N3O3S/c1-3-13-19(17,18)15-10-5-4-9-6-8(2)12(16)14-11(9)7-10/h4-7,13,15H,3H2,1-2H3,(H,14,16). The summed E-state index contributed by atoms with van der Waals surface area (Å²) in [4.78, 5) is 14.2. The first-order chi connectivity index (χ1) is 8.91. The number of aromatic nitrogens is 1. The highest BCUT2D eigenvalue weighted by Crippen LogP contribution is 2.17. The van der Waals surface area contributed by atoms with Crippen LogP contribution in [0.15, 0.2) is 29.1 Å². The average molecular weight is 281 g/mol. The second-order valence-corrected chi connectivity index (χ2v) is 5.69. The van der Waals surface area contributed by atoms with Crippen molar-refractivity contribution in [1.29, 1.82) is 0 Å². The number of pyridine rings is 1. The van der Waals surface area contributed by atoms with Crippen LogP contribution >= 0.6 is 0 Å². The zero-order valence-corrected chi connectivity index (χ0v) is 11.5. The van der Waals surface area contributed by atoms with Gasteiger partial charge in [-0.15, -0.1) is 0 Å². The van der Waals surface area contributed by atoms with Crippen LogP contribution in [0, 0.1) is 6.92 Å². The van der Waals surface area contributed by atoms with Crippen molar-refractivity contribution in [2.75, 3.05) is 11.3 Å². The first kappa shape index (κ1) is 13.6. The van der Waals surface area contributed by atoms with Crippen molar-refractivity contribution in [2.45, 2.75) is 13.8 Å². The zero-order valence-electron chi connectivity index (χ0n) is 10.6. The molecule has 3 N–H and O–H groups in total. The van der Waals surface area contributed by atoms with Crippen molar-refractivity contribution in [2.24, 2.45) is 0 Å². The quantitative estimate of drug-likeness (QED) is 0.783. The van der Waals surface area contributed by atoms with Crippen molar-refractivity contribution in [3.63, 3.8) is 0 Å². The summed E-state index contributed by atoms with van der Waals surface area (Å²) in [5.74, 6) is 0. The largest absolute Gasteiger partial charge is 0.322 e. The van der Waals surface area contributed by atoms with Crippen LogP contribution in [0.3, 0.4) is 0 Å². The number of fused-ring (bicyclic) bond motifs is 1. The molecule has 0 aliphatic carbocycles. The Hall–Kier alpha value is -1.86. The van der Waals surface area contributed by atoms with Gasteiger partial charge in [0.25, 0.3) is 15.8 Å². The molecule has 0 aliphatic rings. The fourth-order valence-corrected chi connectivity index (χ4v) is 2.64. The number of hydrogen-bond donors (Lipinski definition) is 3. The highest BCUT2D eigenvalue weighted by molar-refractivity contribution is 7.90. The van der Waals surface area contributed by atoms with E-state index in [4.69, 9.17) is 0 Å². The predicted molar refractivity (Wildman–Crippen MR) is 75.5 cm³/mol. The van der Waals surface area contributed by atoms with Crippen LogP contribution in [0.25, 0.3) is 10.9 Å². The second kappa shape index (κ2) is 5.02. The van der Waals surface area contributed by atoms with Gasteiger partial charge >= 0.3 is 0 Å². The van der Waals surface area contributed by atoms with E-state index in [9.17, 15) is 13.2 Å². The van der Waals surface area contributed by atoms with Crippen LogP contribution in [0.1, 0.15) is 12.5 Å². The maximum absolute atomic E-state index is 11.6. The molecule has 0 fully saturated rings. The lowest BCUT2D eigenvalue weighted by atomic mass is 10.1. The highest BCUT2D eigenvalue weighted by Gasteiger charge is 2.08. The van der Waals surface area contributed by atoms with Crippen molar-refractivity contribution in [3.8, 4) is 0 Å². The number of H-pyrrole nitrogens is 1. The molecule has 0 radical (unpaired) electrons. The highest BCUT2D eigenvalue weighted by atomic mass is 32.2. The maximum atomic E-state index is 11.6. The van der Waals surface area contributed by atoms with Crippen molar-refractivity contribution in [1.82, 2.24) is 9.71 Å². The number of aromatic amines is 1. The van der Waals surface area contributed by atoms with Gasteiger partial charge < -0.3 is 4.98 Å². The normalized spacial score (nSPS) is 11.7. The molecule has 0 amide bonds. The topological polar surface area (TPSA) is 91.1 Å². The lowest BCUT2D eigenvalue weighted by Crippen LogP contribution is -2.29. The van der Waals surface area contributed by atoms with E-state index in [1.54, 1.807) is 38.1 Å². The SMILES string of the molecule is CCNS(=O)(=O)Nc1ccc2cc(C)c(=O)[nH]c2c1. The molecular weight excluding hydrogens is 266 g/mol. The lowest BCUT2D eigenvalue weighted by Gasteiger charge is -2.08. The third-order valence-electron chi connectivity index (χ3n) is 2.62. The van der Waals surface area contributed by atoms with Gasteiger partial charge in [-0.05, 0) is 30.5 Å². The van der Waals surface area contributed by atoms with Crippen molar-refractivity contribution >= 4 is 26.8 Å². The van der Waals surface area contributed by atoms with E-state index in [1.807, 2.05) is 0 Å². The average Bonchev–Trinajstić information content (AvgIpc) is 2.30. The number of rotatable bonds is 4. The van der Waals surface area contributed by atoms with Gasteiger partial charge in [0.2, 0.25) is 0 Å². The molecule has 1 heterocycles. The van der Waals surface area contributed by atoms with E-state index in [-0.39, 0.29) is 5.56 Å². The Balaban J connectivity index is 2.42. The van der Waals surface area contributed by atoms with E-state index < -0.39 is 10.2 Å². The Morgan fingerprint density at radius 2 is 2.00 bits per heavy atom. The van der Waals surface area contributed by atoms with Gasteiger partial charge in [0.1, 0.15) is 0 Å². The molecule has 0 aliphatic heterocycles. The third kappa shape index (κ3) is 3.12. The van der Waals surface area contributed by atoms with E-state index >= 15 is 0 Å². The molecule has 2 aromatic rings. The number of aryl methyl sites for hydroxylation is 1. The fourth-order valence-electron chi connectivity index (χ4n) is 1.75. The van der Waals surface area contributed by atoms with Crippen LogP contribution in [-0.2, 0) is 10.2 Å². The van der Waals surface area contributed by atoms with Gasteiger partial charge in [-0.25, -0.2) is 0 Å². The zero-order chi connectivity index (χ0) is 14.0. The Kier molecular flexibility index (Phi) is 3.59. The van der Waals surface area contributed by atoms with Gasteiger partial charge in [0, 0.05) is 12.1 Å². The Morgan fingerprint density at radius 1 is 1.26 bits per heavy atom.